The number of furan rings is 1. The zero-order valence-corrected chi connectivity index (χ0v) is 12.8. The Morgan fingerprint density at radius 1 is 1.18 bits per heavy atom. The highest BCUT2D eigenvalue weighted by Crippen LogP contribution is 2.38. The fraction of sp³-hybridized carbons (Fsp3) is 0.167. The Morgan fingerprint density at radius 2 is 2.05 bits per heavy atom. The number of fused-ring (bicyclic) bond motifs is 3. The third-order valence-corrected chi connectivity index (χ3v) is 4.24. The van der Waals surface area contributed by atoms with Gasteiger partial charge in [-0.15, -0.1) is 0 Å². The quantitative estimate of drug-likeness (QED) is 0.553. The lowest BCUT2D eigenvalue weighted by atomic mass is 10.0. The molecule has 0 fully saturated rings. The highest BCUT2D eigenvalue weighted by atomic mass is 16.5. The number of aryl methyl sites for hydroxylation is 2. The molecule has 0 amide bonds. The summed E-state index contributed by atoms with van der Waals surface area (Å²) in [5.74, 6) is 0.838. The molecule has 110 valence electrons. The van der Waals surface area contributed by atoms with Gasteiger partial charge >= 0.3 is 0 Å². The maximum atomic E-state index is 5.59. The van der Waals surface area contributed by atoms with Gasteiger partial charge in [0.05, 0.1) is 36.4 Å². The SMILES string of the molecule is COc1cc2c(cc1-c1ccoc1)c1ccnc(C)c1n2C. The van der Waals surface area contributed by atoms with Crippen LogP contribution >= 0.6 is 0 Å². The van der Waals surface area contributed by atoms with Gasteiger partial charge in [-0.05, 0) is 25.1 Å². The molecular weight excluding hydrogens is 276 g/mol. The van der Waals surface area contributed by atoms with Crippen molar-refractivity contribution in [1.82, 2.24) is 9.55 Å². The van der Waals surface area contributed by atoms with Crippen LogP contribution < -0.4 is 4.74 Å². The summed E-state index contributed by atoms with van der Waals surface area (Å²) in [7, 11) is 3.76. The number of aromatic nitrogens is 2. The molecule has 4 heteroatoms. The van der Waals surface area contributed by atoms with E-state index in [4.69, 9.17) is 9.15 Å². The van der Waals surface area contributed by atoms with Crippen molar-refractivity contribution in [2.24, 2.45) is 7.05 Å². The number of hydrogen-bond acceptors (Lipinski definition) is 3. The third-order valence-electron chi connectivity index (χ3n) is 4.24. The Kier molecular flexibility index (Phi) is 2.73. The molecule has 4 nitrogen and oxygen atoms in total. The van der Waals surface area contributed by atoms with E-state index in [1.807, 2.05) is 19.2 Å². The number of nitrogens with zero attached hydrogens (tertiary/aromatic N) is 2. The van der Waals surface area contributed by atoms with Crippen LogP contribution in [0.5, 0.6) is 5.75 Å². The predicted octanol–water partition coefficient (Wildman–Crippen LogP) is 4.30. The summed E-state index contributed by atoms with van der Waals surface area (Å²) in [6, 6.07) is 8.26. The average molecular weight is 292 g/mol. The first-order valence-corrected chi connectivity index (χ1v) is 7.15. The number of rotatable bonds is 2. The molecule has 3 heterocycles. The van der Waals surface area contributed by atoms with Gasteiger partial charge < -0.3 is 13.7 Å². The van der Waals surface area contributed by atoms with Crippen LogP contribution in [0.15, 0.2) is 47.4 Å². The molecule has 4 aromatic rings. The molecule has 0 bridgehead atoms. The Balaban J connectivity index is 2.16. The molecule has 0 N–H and O–H groups in total. The fourth-order valence-corrected chi connectivity index (χ4v) is 3.19. The van der Waals surface area contributed by atoms with Crippen molar-refractivity contribution in [1.29, 1.82) is 0 Å². The fourth-order valence-electron chi connectivity index (χ4n) is 3.19. The largest absolute Gasteiger partial charge is 0.496 e. The summed E-state index contributed by atoms with van der Waals surface area (Å²) >= 11 is 0. The summed E-state index contributed by atoms with van der Waals surface area (Å²) in [4.78, 5) is 4.41. The summed E-state index contributed by atoms with van der Waals surface area (Å²) in [5.41, 5.74) is 5.37. The molecule has 0 radical (unpaired) electrons. The maximum absolute atomic E-state index is 5.59. The second kappa shape index (κ2) is 4.63. The van der Waals surface area contributed by atoms with Crippen molar-refractivity contribution in [2.75, 3.05) is 7.11 Å². The molecule has 0 spiro atoms. The number of hydrogen-bond donors (Lipinski definition) is 0. The third kappa shape index (κ3) is 1.67. The van der Waals surface area contributed by atoms with E-state index in [0.717, 1.165) is 33.6 Å². The van der Waals surface area contributed by atoms with Gasteiger partial charge in [0.2, 0.25) is 0 Å². The molecule has 0 aliphatic heterocycles. The second-order valence-corrected chi connectivity index (χ2v) is 5.43. The molecule has 0 unspecified atom stereocenters. The Hall–Kier alpha value is -2.75. The van der Waals surface area contributed by atoms with Crippen LogP contribution in [0.2, 0.25) is 0 Å². The molecule has 4 rings (SSSR count). The van der Waals surface area contributed by atoms with Gasteiger partial charge in [-0.1, -0.05) is 0 Å². The van der Waals surface area contributed by atoms with Crippen molar-refractivity contribution < 1.29 is 9.15 Å². The number of benzene rings is 1. The number of pyridine rings is 1. The van der Waals surface area contributed by atoms with Gasteiger partial charge in [0.15, 0.2) is 0 Å². The van der Waals surface area contributed by atoms with E-state index in [1.54, 1.807) is 19.6 Å². The molecule has 22 heavy (non-hydrogen) atoms. The number of ether oxygens (including phenoxy) is 1. The van der Waals surface area contributed by atoms with Crippen molar-refractivity contribution >= 4 is 21.8 Å². The standard InChI is InChI=1S/C18H16N2O2/c1-11-18-13(4-6-19-11)15-8-14(12-5-7-22-10-12)17(21-3)9-16(15)20(18)2/h4-10H,1-3H3. The first-order valence-electron chi connectivity index (χ1n) is 7.15. The molecule has 0 atom stereocenters. The molecule has 0 aliphatic rings. The Bertz CT molecular complexity index is 982. The first-order chi connectivity index (χ1) is 10.7. The van der Waals surface area contributed by atoms with Gasteiger partial charge in [0.25, 0.3) is 0 Å². The highest BCUT2D eigenvalue weighted by Gasteiger charge is 2.15. The zero-order chi connectivity index (χ0) is 15.3. The molecule has 1 aromatic carbocycles. The van der Waals surface area contributed by atoms with Crippen molar-refractivity contribution in [2.45, 2.75) is 6.92 Å². The Labute approximate surface area is 127 Å². The van der Waals surface area contributed by atoms with Crippen LogP contribution in [-0.2, 0) is 7.05 Å². The van der Waals surface area contributed by atoms with E-state index in [2.05, 4.69) is 34.8 Å². The summed E-state index contributed by atoms with van der Waals surface area (Å²) in [6.45, 7) is 2.04. The minimum absolute atomic E-state index is 0.838. The summed E-state index contributed by atoms with van der Waals surface area (Å²) in [6.07, 6.45) is 5.27. The van der Waals surface area contributed by atoms with Crippen molar-refractivity contribution in [3.63, 3.8) is 0 Å². The molecule has 0 saturated heterocycles. The minimum Gasteiger partial charge on any atom is -0.496 e. The lowest BCUT2D eigenvalue weighted by Gasteiger charge is -2.08. The minimum atomic E-state index is 0.838. The van der Waals surface area contributed by atoms with E-state index in [1.165, 1.54) is 10.8 Å². The van der Waals surface area contributed by atoms with Gasteiger partial charge in [-0.2, -0.15) is 0 Å². The molecule has 0 saturated carbocycles. The monoisotopic (exact) mass is 292 g/mol. The summed E-state index contributed by atoms with van der Waals surface area (Å²) in [5, 5.41) is 2.40. The van der Waals surface area contributed by atoms with Crippen LogP contribution in [0.3, 0.4) is 0 Å². The Morgan fingerprint density at radius 3 is 2.77 bits per heavy atom. The van der Waals surface area contributed by atoms with Gasteiger partial charge in [-0.25, -0.2) is 0 Å². The predicted molar refractivity (Wildman–Crippen MR) is 87.2 cm³/mol. The van der Waals surface area contributed by atoms with Crippen LogP contribution in [0, 0.1) is 6.92 Å². The molecule has 0 aliphatic carbocycles. The van der Waals surface area contributed by atoms with Crippen molar-refractivity contribution in [3.8, 4) is 16.9 Å². The molecule has 3 aromatic heterocycles. The second-order valence-electron chi connectivity index (χ2n) is 5.43. The molecular formula is C18H16N2O2. The van der Waals surface area contributed by atoms with Gasteiger partial charge in [0, 0.05) is 41.2 Å². The van der Waals surface area contributed by atoms with Gasteiger partial charge in [0.1, 0.15) is 5.75 Å². The lowest BCUT2D eigenvalue weighted by Crippen LogP contribution is -1.92. The zero-order valence-electron chi connectivity index (χ0n) is 12.8. The van der Waals surface area contributed by atoms with E-state index < -0.39 is 0 Å². The van der Waals surface area contributed by atoms with Crippen molar-refractivity contribution in [3.05, 3.63) is 48.7 Å². The normalized spacial score (nSPS) is 11.4. The van der Waals surface area contributed by atoms with Crippen LogP contribution in [0.1, 0.15) is 5.69 Å². The van der Waals surface area contributed by atoms with E-state index in [-0.39, 0.29) is 0 Å². The van der Waals surface area contributed by atoms with E-state index in [9.17, 15) is 0 Å². The van der Waals surface area contributed by atoms with Crippen LogP contribution in [-0.4, -0.2) is 16.7 Å². The van der Waals surface area contributed by atoms with Gasteiger partial charge in [-0.3, -0.25) is 4.98 Å². The first kappa shape index (κ1) is 13.0. The van der Waals surface area contributed by atoms with Crippen LogP contribution in [0.25, 0.3) is 32.9 Å². The van der Waals surface area contributed by atoms with E-state index >= 15 is 0 Å². The van der Waals surface area contributed by atoms with Crippen LogP contribution in [0.4, 0.5) is 0 Å². The maximum Gasteiger partial charge on any atom is 0.128 e. The topological polar surface area (TPSA) is 40.2 Å². The number of methoxy groups -OCH3 is 1. The summed E-state index contributed by atoms with van der Waals surface area (Å²) < 4.78 is 13.0. The van der Waals surface area contributed by atoms with E-state index in [0.29, 0.717) is 0 Å². The smallest absolute Gasteiger partial charge is 0.128 e. The highest BCUT2D eigenvalue weighted by molar-refractivity contribution is 6.10. The lowest BCUT2D eigenvalue weighted by molar-refractivity contribution is 0.417. The average Bonchev–Trinajstić information content (AvgIpc) is 3.15.